The van der Waals surface area contributed by atoms with Crippen LogP contribution in [0.5, 0.6) is 5.75 Å². The number of hydrogen-bond donors (Lipinski definition) is 1. The van der Waals surface area contributed by atoms with Gasteiger partial charge in [-0.25, -0.2) is 0 Å². The maximum atomic E-state index is 11.1. The van der Waals surface area contributed by atoms with E-state index < -0.39 is 5.91 Å². The molecular formula is C9H7IN2O2. The maximum absolute atomic E-state index is 11.1. The topological polar surface area (TPSA) is 76.1 Å². The van der Waals surface area contributed by atoms with E-state index in [1.165, 1.54) is 7.11 Å². The van der Waals surface area contributed by atoms with Gasteiger partial charge in [0.05, 0.1) is 18.2 Å². The van der Waals surface area contributed by atoms with Crippen molar-refractivity contribution in [1.82, 2.24) is 0 Å². The van der Waals surface area contributed by atoms with Crippen molar-refractivity contribution in [2.75, 3.05) is 7.11 Å². The monoisotopic (exact) mass is 302 g/mol. The molecule has 0 radical (unpaired) electrons. The molecule has 2 N–H and O–H groups in total. The summed E-state index contributed by atoms with van der Waals surface area (Å²) in [6, 6.07) is 5.12. The Balaban J connectivity index is 3.49. The van der Waals surface area contributed by atoms with Gasteiger partial charge in [-0.2, -0.15) is 5.26 Å². The van der Waals surface area contributed by atoms with Gasteiger partial charge in [-0.1, -0.05) is 0 Å². The van der Waals surface area contributed by atoms with E-state index in [1.54, 1.807) is 12.1 Å². The zero-order valence-electron chi connectivity index (χ0n) is 7.37. The summed E-state index contributed by atoms with van der Waals surface area (Å²) >= 11 is 1.90. The largest absolute Gasteiger partial charge is 0.496 e. The lowest BCUT2D eigenvalue weighted by Gasteiger charge is -2.07. The Morgan fingerprint density at radius 1 is 1.64 bits per heavy atom. The summed E-state index contributed by atoms with van der Waals surface area (Å²) in [5.41, 5.74) is 5.85. The van der Waals surface area contributed by atoms with Crippen LogP contribution in [0.3, 0.4) is 0 Å². The minimum atomic E-state index is -0.594. The van der Waals surface area contributed by atoms with Crippen molar-refractivity contribution in [2.45, 2.75) is 0 Å². The van der Waals surface area contributed by atoms with Crippen molar-refractivity contribution in [1.29, 1.82) is 5.26 Å². The number of nitrogens with two attached hydrogens (primary N) is 1. The molecule has 5 heteroatoms. The van der Waals surface area contributed by atoms with E-state index >= 15 is 0 Å². The highest BCUT2D eigenvalue weighted by Gasteiger charge is 2.16. The van der Waals surface area contributed by atoms with Crippen LogP contribution in [0.15, 0.2) is 12.1 Å². The Bertz CT molecular complexity index is 424. The minimum Gasteiger partial charge on any atom is -0.496 e. The number of carbonyl (C=O) groups excluding carboxylic acids is 1. The van der Waals surface area contributed by atoms with Gasteiger partial charge in [0.15, 0.2) is 0 Å². The molecule has 0 aliphatic rings. The quantitative estimate of drug-likeness (QED) is 0.836. The molecule has 4 nitrogen and oxygen atoms in total. The Morgan fingerprint density at radius 2 is 2.29 bits per heavy atom. The fourth-order valence-electron chi connectivity index (χ4n) is 1.04. The third-order valence-electron chi connectivity index (χ3n) is 1.69. The average molecular weight is 302 g/mol. The highest BCUT2D eigenvalue weighted by atomic mass is 127. The van der Waals surface area contributed by atoms with Crippen molar-refractivity contribution in [2.24, 2.45) is 5.73 Å². The van der Waals surface area contributed by atoms with Crippen LogP contribution >= 0.6 is 22.6 Å². The summed E-state index contributed by atoms with van der Waals surface area (Å²) in [5.74, 6) is -0.204. The van der Waals surface area contributed by atoms with Crippen LogP contribution in [-0.4, -0.2) is 13.0 Å². The zero-order chi connectivity index (χ0) is 10.7. The van der Waals surface area contributed by atoms with Crippen LogP contribution in [0.1, 0.15) is 15.9 Å². The summed E-state index contributed by atoms with van der Waals surface area (Å²) in [6.45, 7) is 0. The van der Waals surface area contributed by atoms with Gasteiger partial charge < -0.3 is 10.5 Å². The number of halogens is 1. The van der Waals surface area contributed by atoms with E-state index in [4.69, 9.17) is 15.7 Å². The summed E-state index contributed by atoms with van der Waals surface area (Å²) < 4.78 is 5.50. The van der Waals surface area contributed by atoms with Gasteiger partial charge in [-0.3, -0.25) is 4.79 Å². The molecule has 72 valence electrons. The average Bonchev–Trinajstić information content (AvgIpc) is 2.16. The van der Waals surface area contributed by atoms with Crippen molar-refractivity contribution >= 4 is 28.5 Å². The van der Waals surface area contributed by atoms with E-state index in [-0.39, 0.29) is 5.56 Å². The summed E-state index contributed by atoms with van der Waals surface area (Å²) in [4.78, 5) is 11.1. The Labute approximate surface area is 94.8 Å². The summed E-state index contributed by atoms with van der Waals surface area (Å²) in [7, 11) is 1.45. The number of rotatable bonds is 2. The molecule has 1 aromatic carbocycles. The molecule has 0 atom stereocenters. The molecule has 0 saturated carbocycles. The molecule has 0 fully saturated rings. The van der Waals surface area contributed by atoms with Gasteiger partial charge in [0.25, 0.3) is 5.91 Å². The lowest BCUT2D eigenvalue weighted by atomic mass is 10.1. The third kappa shape index (κ3) is 1.80. The van der Waals surface area contributed by atoms with Crippen molar-refractivity contribution < 1.29 is 9.53 Å². The molecule has 0 unspecified atom stereocenters. The van der Waals surface area contributed by atoms with Gasteiger partial charge in [0.2, 0.25) is 0 Å². The molecule has 0 saturated heterocycles. The second kappa shape index (κ2) is 4.28. The van der Waals surface area contributed by atoms with Gasteiger partial charge in [-0.15, -0.1) is 0 Å². The first kappa shape index (κ1) is 10.8. The lowest BCUT2D eigenvalue weighted by molar-refractivity contribution is 0.0996. The van der Waals surface area contributed by atoms with Crippen molar-refractivity contribution in [3.05, 3.63) is 26.8 Å². The van der Waals surface area contributed by atoms with Crippen LogP contribution in [-0.2, 0) is 0 Å². The van der Waals surface area contributed by atoms with Gasteiger partial charge in [-0.05, 0) is 34.7 Å². The fraction of sp³-hybridized carbons (Fsp3) is 0.111. The third-order valence-corrected chi connectivity index (χ3v) is 2.81. The van der Waals surface area contributed by atoms with Crippen LogP contribution in [0.2, 0.25) is 0 Å². The molecule has 0 aliphatic heterocycles. The van der Waals surface area contributed by atoms with Crippen molar-refractivity contribution in [3.63, 3.8) is 0 Å². The van der Waals surface area contributed by atoms with Crippen molar-refractivity contribution in [3.8, 4) is 11.8 Å². The smallest absolute Gasteiger partial charge is 0.253 e. The number of carbonyl (C=O) groups is 1. The molecule has 1 rings (SSSR count). The molecule has 14 heavy (non-hydrogen) atoms. The predicted octanol–water partition coefficient (Wildman–Crippen LogP) is 1.27. The first-order valence-electron chi connectivity index (χ1n) is 3.68. The maximum Gasteiger partial charge on any atom is 0.253 e. The Morgan fingerprint density at radius 3 is 2.71 bits per heavy atom. The SMILES string of the molecule is COc1ccc(C#N)c(I)c1C(N)=O. The molecule has 1 amide bonds. The zero-order valence-corrected chi connectivity index (χ0v) is 9.53. The highest BCUT2D eigenvalue weighted by Crippen LogP contribution is 2.26. The minimum absolute atomic E-state index is 0.257. The van der Waals surface area contributed by atoms with E-state index in [1.807, 2.05) is 28.7 Å². The number of nitrogens with zero attached hydrogens (tertiary/aromatic N) is 1. The van der Waals surface area contributed by atoms with Crippen LogP contribution in [0, 0.1) is 14.9 Å². The number of amides is 1. The van der Waals surface area contributed by atoms with Crippen LogP contribution < -0.4 is 10.5 Å². The predicted molar refractivity (Wildman–Crippen MR) is 58.9 cm³/mol. The number of nitriles is 1. The Kier molecular flexibility index (Phi) is 3.30. The highest BCUT2D eigenvalue weighted by molar-refractivity contribution is 14.1. The first-order valence-corrected chi connectivity index (χ1v) is 4.76. The van der Waals surface area contributed by atoms with Gasteiger partial charge in [0.1, 0.15) is 11.8 Å². The van der Waals surface area contributed by atoms with E-state index in [0.29, 0.717) is 14.9 Å². The first-order chi connectivity index (χ1) is 6.61. The number of benzene rings is 1. The van der Waals surface area contributed by atoms with Gasteiger partial charge in [0, 0.05) is 3.57 Å². The molecule has 0 heterocycles. The lowest BCUT2D eigenvalue weighted by Crippen LogP contribution is -2.15. The second-order valence-electron chi connectivity index (χ2n) is 2.48. The number of methoxy groups -OCH3 is 1. The molecule has 0 spiro atoms. The van der Waals surface area contributed by atoms with Crippen LogP contribution in [0.25, 0.3) is 0 Å². The normalized spacial score (nSPS) is 9.21. The number of ether oxygens (including phenoxy) is 1. The number of hydrogen-bond acceptors (Lipinski definition) is 3. The van der Waals surface area contributed by atoms with E-state index in [2.05, 4.69) is 0 Å². The molecule has 0 aromatic heterocycles. The second-order valence-corrected chi connectivity index (χ2v) is 3.56. The molecule has 0 bridgehead atoms. The van der Waals surface area contributed by atoms with Crippen LogP contribution in [0.4, 0.5) is 0 Å². The number of primary amides is 1. The molecular weight excluding hydrogens is 295 g/mol. The van der Waals surface area contributed by atoms with E-state index in [9.17, 15) is 4.79 Å². The van der Waals surface area contributed by atoms with Gasteiger partial charge >= 0.3 is 0 Å². The standard InChI is InChI=1S/C9H7IN2O2/c1-14-6-3-2-5(4-11)8(10)7(6)9(12)13/h2-3H,1H3,(H2,12,13). The molecule has 1 aromatic rings. The summed E-state index contributed by atoms with van der Waals surface area (Å²) in [6.07, 6.45) is 0. The fourth-order valence-corrected chi connectivity index (χ4v) is 1.88. The summed E-state index contributed by atoms with van der Waals surface area (Å²) in [5, 5.41) is 8.74. The molecule has 0 aliphatic carbocycles. The Hall–Kier alpha value is -1.29. The van der Waals surface area contributed by atoms with E-state index in [0.717, 1.165) is 0 Å².